The van der Waals surface area contributed by atoms with E-state index in [1.165, 1.54) is 0 Å². The molecule has 0 aliphatic heterocycles. The molecule has 0 unspecified atom stereocenters. The second-order valence-electron chi connectivity index (χ2n) is 4.25. The molecule has 0 saturated heterocycles. The van der Waals surface area contributed by atoms with E-state index in [2.05, 4.69) is 90.2 Å². The Labute approximate surface area is 183 Å². The first kappa shape index (κ1) is 50.0. The van der Waals surface area contributed by atoms with Crippen molar-refractivity contribution in [1.29, 1.82) is 0 Å². The zero-order valence-corrected chi connectivity index (χ0v) is 24.1. The van der Waals surface area contributed by atoms with Crippen LogP contribution >= 0.6 is 32.3 Å². The Balaban J connectivity index is -0.0000000237. The summed E-state index contributed by atoms with van der Waals surface area (Å²) in [6, 6.07) is 0. The monoisotopic (exact) mass is 784 g/mol. The molecule has 152 valence electrons. The summed E-state index contributed by atoms with van der Waals surface area (Å²) in [5, 5.41) is 0. The molecule has 0 aromatic rings. The van der Waals surface area contributed by atoms with Crippen LogP contribution in [0.1, 0.15) is 0 Å². The van der Waals surface area contributed by atoms with E-state index in [-0.39, 0.29) is 74.4 Å². The van der Waals surface area contributed by atoms with Crippen molar-refractivity contribution < 1.29 is 61.3 Å². The van der Waals surface area contributed by atoms with Gasteiger partial charge in [0.1, 0.15) is 0 Å². The molecule has 2 N–H and O–H groups in total. The molecule has 0 aromatic carbocycles. The number of nitrogens with one attached hydrogen (secondary N) is 2. The molecule has 0 bridgehead atoms. The second kappa shape index (κ2) is 56.3. The largest absolute Gasteiger partial charge is 2.00 e. The van der Waals surface area contributed by atoms with Gasteiger partial charge in [0.2, 0.25) is 0 Å². The fraction of sp³-hybridized carbons (Fsp3) is 0.667. The summed E-state index contributed by atoms with van der Waals surface area (Å²) in [4.78, 5) is 38.0. The van der Waals surface area contributed by atoms with E-state index in [1.807, 2.05) is 0 Å². The van der Waals surface area contributed by atoms with Crippen molar-refractivity contribution in [3.63, 3.8) is 0 Å². The number of rotatable bonds is 4. The van der Waals surface area contributed by atoms with Crippen molar-refractivity contribution in [3.8, 4) is 0 Å². The van der Waals surface area contributed by atoms with Gasteiger partial charge < -0.3 is 19.2 Å². The van der Waals surface area contributed by atoms with Crippen molar-refractivity contribution >= 4 is 59.4 Å². The van der Waals surface area contributed by atoms with Crippen LogP contribution in [0.5, 0.6) is 0 Å². The molecule has 0 saturated carbocycles. The molecule has 0 spiro atoms. The molecule has 24 heavy (non-hydrogen) atoms. The van der Waals surface area contributed by atoms with Crippen molar-refractivity contribution in [3.05, 3.63) is 0 Å². The minimum atomic E-state index is -0.139. The minimum absolute atomic E-state index is 0. The maximum atomic E-state index is 7.75. The third kappa shape index (κ3) is 130. The molecule has 0 amide bonds. The zero-order valence-electron chi connectivity index (χ0n) is 15.6. The summed E-state index contributed by atoms with van der Waals surface area (Å²) >= 11 is 0. The van der Waals surface area contributed by atoms with E-state index >= 15 is 0 Å². The Hall–Kier alpha value is 1.70. The number of carbonyl (C=O) groups excluding carboxylic acids is 4. The van der Waals surface area contributed by atoms with E-state index in [1.54, 1.807) is 0 Å². The first-order chi connectivity index (χ1) is 10.3. The fourth-order valence-corrected chi connectivity index (χ4v) is 9.00. The Morgan fingerprint density at radius 3 is 0.500 bits per heavy atom. The molecule has 0 aliphatic rings. The van der Waals surface area contributed by atoms with E-state index in [0.717, 1.165) is 0 Å². The fourth-order valence-electron chi connectivity index (χ4n) is 1.00. The van der Waals surface area contributed by atoms with Gasteiger partial charge in [-0.1, -0.05) is 9.72 Å². The second-order valence-corrected chi connectivity index (χ2v) is 14.2. The topological polar surface area (TPSA) is 92.3 Å². The Morgan fingerprint density at radius 1 is 0.417 bits per heavy atom. The van der Waals surface area contributed by atoms with Crippen LogP contribution in [0.15, 0.2) is 0 Å². The van der Waals surface area contributed by atoms with Crippen LogP contribution in [0, 0.1) is 0 Å². The predicted octanol–water partition coefficient (Wildman–Crippen LogP) is 1.61. The molecular formula is C12H34N2O4P4Pt2+4. The summed E-state index contributed by atoms with van der Waals surface area (Å²) in [7, 11) is -0.556. The number of hydrogen-bond acceptors (Lipinski definition) is 6. The summed E-state index contributed by atoms with van der Waals surface area (Å²) in [5.74, 6) is 0. The standard InChI is InChI=1S/2C4H13NP2.4CHO.2Pt/c2*1-6(2)5-7(3)4;4*1-2;;/h2*5H,1-4H3;4*1H;;/q;;4*-1;2*+2/p+4. The van der Waals surface area contributed by atoms with Crippen LogP contribution < -0.4 is 9.72 Å². The first-order valence-corrected chi connectivity index (χ1v) is 15.9. The summed E-state index contributed by atoms with van der Waals surface area (Å²) in [5.41, 5.74) is 0. The average molecular weight is 784 g/mol. The predicted molar refractivity (Wildman–Crippen MR) is 114 cm³/mol. The van der Waals surface area contributed by atoms with Crippen LogP contribution in [0.4, 0.5) is 0 Å². The van der Waals surface area contributed by atoms with Gasteiger partial charge in [-0.3, -0.25) is 27.2 Å². The smallest absolute Gasteiger partial charge is 0.545 e. The van der Waals surface area contributed by atoms with Crippen LogP contribution in [-0.2, 0) is 61.3 Å². The van der Waals surface area contributed by atoms with Gasteiger partial charge in [-0.05, 0) is 0 Å². The summed E-state index contributed by atoms with van der Waals surface area (Å²) in [6.45, 7) is 31.2. The molecule has 0 atom stereocenters. The zero-order chi connectivity index (χ0) is 19.7. The van der Waals surface area contributed by atoms with Crippen LogP contribution in [0.2, 0.25) is 0 Å². The third-order valence-corrected chi connectivity index (χ3v) is 9.00. The molecule has 0 fully saturated rings. The summed E-state index contributed by atoms with van der Waals surface area (Å²) < 4.78 is 0. The molecule has 6 nitrogen and oxygen atoms in total. The van der Waals surface area contributed by atoms with Gasteiger partial charge in [-0.2, -0.15) is 0 Å². The number of hydrogen-bond donors (Lipinski definition) is 2. The SMILES string of the molecule is C[PH+](C)N[PH+](C)C.C[PH+](C)N[PH+](C)C.[CH-]=O.[CH-]=O.[CH-]=O.[CH-]=O.[Pt+2].[Pt+2]. The average Bonchev–Trinajstić information content (AvgIpc) is 2.45. The minimum Gasteiger partial charge on any atom is -0.545 e. The molecule has 12 heteroatoms. The van der Waals surface area contributed by atoms with Gasteiger partial charge >= 0.3 is 42.1 Å². The van der Waals surface area contributed by atoms with Crippen LogP contribution in [0.25, 0.3) is 0 Å². The Bertz CT molecular complexity index is 155. The van der Waals surface area contributed by atoms with E-state index in [4.69, 9.17) is 19.2 Å². The third-order valence-electron chi connectivity index (χ3n) is 1.00. The molecule has 0 aliphatic carbocycles. The van der Waals surface area contributed by atoms with Crippen LogP contribution in [0.3, 0.4) is 0 Å². The van der Waals surface area contributed by atoms with Gasteiger partial charge in [-0.25, -0.2) is 0 Å². The van der Waals surface area contributed by atoms with Crippen molar-refractivity contribution in [2.45, 2.75) is 0 Å². The first-order valence-electron chi connectivity index (χ1n) is 5.94. The Kier molecular flexibility index (Phi) is 117. The quantitative estimate of drug-likeness (QED) is 0.256. The van der Waals surface area contributed by atoms with E-state index in [0.29, 0.717) is 0 Å². The van der Waals surface area contributed by atoms with Gasteiger partial charge in [0.25, 0.3) is 0 Å². The van der Waals surface area contributed by atoms with Gasteiger partial charge in [0, 0.05) is 0 Å². The van der Waals surface area contributed by atoms with E-state index < -0.39 is 0 Å². The van der Waals surface area contributed by atoms with Gasteiger partial charge in [0.05, 0.1) is 85.6 Å². The normalized spacial score (nSPS) is 7.17. The molecular weight excluding hydrogens is 750 g/mol. The molecule has 0 aromatic heterocycles. The van der Waals surface area contributed by atoms with Gasteiger partial charge in [-0.15, -0.1) is 0 Å². The molecule has 0 radical (unpaired) electrons. The van der Waals surface area contributed by atoms with Crippen LogP contribution in [-0.4, -0.2) is 80.5 Å². The Morgan fingerprint density at radius 2 is 0.500 bits per heavy atom. The van der Waals surface area contributed by atoms with Gasteiger partial charge in [0.15, 0.2) is 0 Å². The van der Waals surface area contributed by atoms with Crippen molar-refractivity contribution in [1.82, 2.24) is 9.72 Å². The molecule has 0 heterocycles. The molecule has 0 rings (SSSR count). The van der Waals surface area contributed by atoms with Crippen molar-refractivity contribution in [2.75, 3.05) is 53.3 Å². The van der Waals surface area contributed by atoms with E-state index in [9.17, 15) is 0 Å². The maximum Gasteiger partial charge on any atom is 2.00 e. The van der Waals surface area contributed by atoms with Crippen molar-refractivity contribution in [2.24, 2.45) is 0 Å². The summed E-state index contributed by atoms with van der Waals surface area (Å²) in [6.07, 6.45) is 0. The maximum absolute atomic E-state index is 7.75.